The number of fused-ring (bicyclic) bond motifs is 1. The van der Waals surface area contributed by atoms with Crippen LogP contribution in [0.25, 0.3) is 10.8 Å². The molecule has 1 radical (unpaired) electrons. The molecule has 2 N–H and O–H groups in total. The molecular formula is C10H8NaO6S2. The zero-order valence-corrected chi connectivity index (χ0v) is 13.4. The minimum Gasteiger partial charge on any atom is -0.282 e. The molecule has 0 atom stereocenters. The molecule has 2 aromatic carbocycles. The number of rotatable bonds is 2. The topological polar surface area (TPSA) is 109 Å². The molecule has 2 rings (SSSR count). The van der Waals surface area contributed by atoms with Crippen molar-refractivity contribution >= 4 is 60.6 Å². The van der Waals surface area contributed by atoms with Gasteiger partial charge in [-0.2, -0.15) is 16.8 Å². The van der Waals surface area contributed by atoms with Gasteiger partial charge in [-0.1, -0.05) is 12.1 Å². The molecule has 0 saturated carbocycles. The van der Waals surface area contributed by atoms with Gasteiger partial charge in [-0.25, -0.2) is 0 Å². The van der Waals surface area contributed by atoms with Crippen LogP contribution in [-0.2, 0) is 20.2 Å². The van der Waals surface area contributed by atoms with Gasteiger partial charge in [0.1, 0.15) is 0 Å². The van der Waals surface area contributed by atoms with Crippen LogP contribution in [0.5, 0.6) is 0 Å². The fourth-order valence-corrected chi connectivity index (χ4v) is 2.55. The molecular weight excluding hydrogens is 303 g/mol. The van der Waals surface area contributed by atoms with Gasteiger partial charge >= 0.3 is 0 Å². The van der Waals surface area contributed by atoms with Gasteiger partial charge in [0.2, 0.25) is 0 Å². The molecule has 0 aliphatic rings. The molecule has 0 aliphatic carbocycles. The molecule has 0 saturated heterocycles. The molecule has 0 amide bonds. The van der Waals surface area contributed by atoms with Crippen molar-refractivity contribution in [1.82, 2.24) is 0 Å². The first-order valence-corrected chi connectivity index (χ1v) is 7.55. The molecule has 6 nitrogen and oxygen atoms in total. The van der Waals surface area contributed by atoms with E-state index >= 15 is 0 Å². The summed E-state index contributed by atoms with van der Waals surface area (Å²) in [6, 6.07) is 7.38. The van der Waals surface area contributed by atoms with Crippen LogP contribution in [0, 0.1) is 0 Å². The van der Waals surface area contributed by atoms with E-state index in [0.717, 1.165) is 12.1 Å². The summed E-state index contributed by atoms with van der Waals surface area (Å²) in [4.78, 5) is -0.566. The van der Waals surface area contributed by atoms with Gasteiger partial charge in [0.25, 0.3) is 20.2 Å². The van der Waals surface area contributed by atoms with E-state index in [9.17, 15) is 16.8 Å². The third-order valence-corrected chi connectivity index (χ3v) is 4.08. The van der Waals surface area contributed by atoms with Crippen LogP contribution in [0.4, 0.5) is 0 Å². The molecule has 0 fully saturated rings. The second-order valence-corrected chi connectivity index (χ2v) is 6.46. The molecule has 2 aromatic rings. The van der Waals surface area contributed by atoms with Crippen LogP contribution in [0.15, 0.2) is 46.2 Å². The Morgan fingerprint density at radius 3 is 1.26 bits per heavy atom. The van der Waals surface area contributed by atoms with Crippen molar-refractivity contribution in [3.05, 3.63) is 36.4 Å². The zero-order valence-electron chi connectivity index (χ0n) is 9.81. The van der Waals surface area contributed by atoms with Gasteiger partial charge < -0.3 is 0 Å². The third-order valence-electron chi connectivity index (χ3n) is 2.38. The first kappa shape index (κ1) is 16.6. The van der Waals surface area contributed by atoms with Crippen LogP contribution in [-0.4, -0.2) is 55.5 Å². The normalized spacial score (nSPS) is 12.1. The summed E-state index contributed by atoms with van der Waals surface area (Å²) in [6.45, 7) is 0. The summed E-state index contributed by atoms with van der Waals surface area (Å²) in [6.07, 6.45) is 0. The zero-order chi connectivity index (χ0) is 13.6. The second kappa shape index (κ2) is 5.49. The van der Waals surface area contributed by atoms with E-state index in [1.165, 1.54) is 24.3 Å². The molecule has 19 heavy (non-hydrogen) atoms. The predicted octanol–water partition coefficient (Wildman–Crippen LogP) is 0.952. The average molecular weight is 311 g/mol. The summed E-state index contributed by atoms with van der Waals surface area (Å²) >= 11 is 0. The van der Waals surface area contributed by atoms with Crippen molar-refractivity contribution in [2.45, 2.75) is 9.79 Å². The molecule has 0 unspecified atom stereocenters. The monoisotopic (exact) mass is 311 g/mol. The Kier molecular flexibility index (Phi) is 4.79. The maximum atomic E-state index is 10.9. The number of hydrogen-bond acceptors (Lipinski definition) is 4. The predicted molar refractivity (Wildman–Crippen MR) is 69.3 cm³/mol. The quantitative estimate of drug-likeness (QED) is 0.631. The average Bonchev–Trinajstić information content (AvgIpc) is 2.25. The van der Waals surface area contributed by atoms with Crippen LogP contribution >= 0.6 is 0 Å². The maximum absolute atomic E-state index is 10.9. The van der Waals surface area contributed by atoms with E-state index in [0.29, 0.717) is 10.8 Å². The number of benzene rings is 2. The summed E-state index contributed by atoms with van der Waals surface area (Å²) in [5, 5.41) is 0.857. The Morgan fingerprint density at radius 1 is 0.684 bits per heavy atom. The summed E-state index contributed by atoms with van der Waals surface area (Å²) < 4.78 is 61.4. The molecule has 0 heterocycles. The molecule has 0 aliphatic heterocycles. The van der Waals surface area contributed by atoms with Crippen LogP contribution in [0.1, 0.15) is 0 Å². The van der Waals surface area contributed by atoms with Crippen LogP contribution in [0.3, 0.4) is 0 Å². The summed E-state index contributed by atoms with van der Waals surface area (Å²) in [5.74, 6) is 0. The van der Waals surface area contributed by atoms with Crippen LogP contribution < -0.4 is 0 Å². The molecule has 0 aromatic heterocycles. The van der Waals surface area contributed by atoms with E-state index in [4.69, 9.17) is 9.11 Å². The van der Waals surface area contributed by atoms with E-state index in [-0.39, 0.29) is 39.3 Å². The Labute approximate surface area is 132 Å². The van der Waals surface area contributed by atoms with Crippen molar-refractivity contribution in [3.8, 4) is 0 Å². The van der Waals surface area contributed by atoms with Gasteiger partial charge in [-0.3, -0.25) is 9.11 Å². The van der Waals surface area contributed by atoms with Gasteiger partial charge in [0, 0.05) is 29.6 Å². The molecule has 9 heteroatoms. The van der Waals surface area contributed by atoms with E-state index in [1.54, 1.807) is 0 Å². The minimum absolute atomic E-state index is 0. The standard InChI is InChI=1S/C10H8O6S2.Na/c11-17(12,13)9-3-1-7-5-10(18(14,15)16)4-2-8(7)6-9;/h1-6H,(H,11,12,13)(H,14,15,16);. The SMILES string of the molecule is O=S(=O)(O)c1ccc2cc(S(=O)(=O)O)ccc2c1.[Na]. The van der Waals surface area contributed by atoms with E-state index in [2.05, 4.69) is 0 Å². The smallest absolute Gasteiger partial charge is 0.282 e. The van der Waals surface area contributed by atoms with Gasteiger partial charge in [-0.15, -0.1) is 0 Å². The van der Waals surface area contributed by atoms with Gasteiger partial charge in [0.05, 0.1) is 9.79 Å². The molecule has 0 bridgehead atoms. The van der Waals surface area contributed by atoms with E-state index < -0.39 is 20.2 Å². The fourth-order valence-electron chi connectivity index (χ4n) is 1.52. The Bertz CT molecular complexity index is 755. The minimum atomic E-state index is -4.30. The largest absolute Gasteiger partial charge is 0.294 e. The van der Waals surface area contributed by atoms with Gasteiger partial charge in [0.15, 0.2) is 0 Å². The first-order chi connectivity index (χ1) is 8.18. The van der Waals surface area contributed by atoms with E-state index in [1.807, 2.05) is 0 Å². The Morgan fingerprint density at radius 2 is 1.00 bits per heavy atom. The van der Waals surface area contributed by atoms with Crippen molar-refractivity contribution in [2.75, 3.05) is 0 Å². The molecule has 0 spiro atoms. The third kappa shape index (κ3) is 3.76. The summed E-state index contributed by atoms with van der Waals surface area (Å²) in [5.41, 5.74) is 0. The first-order valence-electron chi connectivity index (χ1n) is 4.67. The van der Waals surface area contributed by atoms with Crippen molar-refractivity contribution in [3.63, 3.8) is 0 Å². The summed E-state index contributed by atoms with van der Waals surface area (Å²) in [7, 11) is -8.60. The second-order valence-electron chi connectivity index (χ2n) is 3.62. The van der Waals surface area contributed by atoms with Crippen molar-refractivity contribution < 1.29 is 25.9 Å². The van der Waals surface area contributed by atoms with Crippen LogP contribution in [0.2, 0.25) is 0 Å². The molecule has 97 valence electrons. The number of hydrogen-bond donors (Lipinski definition) is 2. The Balaban J connectivity index is 0.00000180. The van der Waals surface area contributed by atoms with Gasteiger partial charge in [-0.05, 0) is 35.0 Å². The maximum Gasteiger partial charge on any atom is 0.294 e. The Hall–Kier alpha value is -0.480. The van der Waals surface area contributed by atoms with Crippen molar-refractivity contribution in [2.24, 2.45) is 0 Å². The van der Waals surface area contributed by atoms with Crippen molar-refractivity contribution in [1.29, 1.82) is 0 Å². The fraction of sp³-hybridized carbons (Fsp3) is 0.